The number of amides is 1. The van der Waals surface area contributed by atoms with Gasteiger partial charge in [0.15, 0.2) is 5.75 Å². The van der Waals surface area contributed by atoms with Crippen LogP contribution in [-0.4, -0.2) is 42.5 Å². The standard InChI is InChI=1S/C15H21N3O4.ClH/c1-17(15(19)12-5-3-4-8-16-12)10-11-6-7-14(22-2)13(9-11)18(20)21;/h6-7,9,12,16H,3-5,8,10H2,1-2H3;1H/t12-;/m0./s1. The summed E-state index contributed by atoms with van der Waals surface area (Å²) in [6.45, 7) is 1.19. The molecule has 0 spiro atoms. The second kappa shape index (κ2) is 8.69. The number of carbonyl (C=O) groups is 1. The van der Waals surface area contributed by atoms with Crippen LogP contribution in [0.25, 0.3) is 0 Å². The summed E-state index contributed by atoms with van der Waals surface area (Å²) in [5, 5.41) is 14.2. The van der Waals surface area contributed by atoms with Gasteiger partial charge in [0.1, 0.15) is 0 Å². The van der Waals surface area contributed by atoms with E-state index in [1.165, 1.54) is 13.2 Å². The van der Waals surface area contributed by atoms with Gasteiger partial charge in [0.05, 0.1) is 18.1 Å². The molecule has 7 nitrogen and oxygen atoms in total. The molecule has 1 aromatic carbocycles. The zero-order chi connectivity index (χ0) is 16.1. The highest BCUT2D eigenvalue weighted by atomic mass is 35.5. The lowest BCUT2D eigenvalue weighted by Crippen LogP contribution is -2.46. The minimum absolute atomic E-state index is 0. The summed E-state index contributed by atoms with van der Waals surface area (Å²) in [6.07, 6.45) is 2.98. The van der Waals surface area contributed by atoms with E-state index in [1.807, 2.05) is 0 Å². The van der Waals surface area contributed by atoms with E-state index in [2.05, 4.69) is 5.32 Å². The zero-order valence-corrected chi connectivity index (χ0v) is 14.1. The van der Waals surface area contributed by atoms with Crippen molar-refractivity contribution in [3.8, 4) is 5.75 Å². The molecule has 0 saturated carbocycles. The number of nitro benzene ring substituents is 1. The maximum atomic E-state index is 12.3. The molecule has 2 rings (SSSR count). The van der Waals surface area contributed by atoms with Crippen LogP contribution in [0.2, 0.25) is 0 Å². The van der Waals surface area contributed by atoms with E-state index >= 15 is 0 Å². The van der Waals surface area contributed by atoms with Gasteiger partial charge in [0.25, 0.3) is 0 Å². The summed E-state index contributed by atoms with van der Waals surface area (Å²) in [5.74, 6) is 0.245. The summed E-state index contributed by atoms with van der Waals surface area (Å²) in [7, 11) is 3.11. The number of piperidine rings is 1. The van der Waals surface area contributed by atoms with Crippen LogP contribution < -0.4 is 10.1 Å². The summed E-state index contributed by atoms with van der Waals surface area (Å²) in [4.78, 5) is 24.5. The van der Waals surface area contributed by atoms with Crippen molar-refractivity contribution in [2.75, 3.05) is 20.7 Å². The average Bonchev–Trinajstić information content (AvgIpc) is 2.54. The molecule has 1 atom stereocenters. The molecule has 0 radical (unpaired) electrons. The molecule has 1 saturated heterocycles. The molecule has 0 unspecified atom stereocenters. The first-order valence-corrected chi connectivity index (χ1v) is 7.32. The molecule has 23 heavy (non-hydrogen) atoms. The Morgan fingerprint density at radius 1 is 1.48 bits per heavy atom. The number of nitrogens with one attached hydrogen (secondary N) is 1. The molecule has 1 fully saturated rings. The summed E-state index contributed by atoms with van der Waals surface area (Å²) >= 11 is 0. The first kappa shape index (κ1) is 19.2. The first-order valence-electron chi connectivity index (χ1n) is 7.32. The van der Waals surface area contributed by atoms with Gasteiger partial charge in [-0.15, -0.1) is 12.4 Å². The van der Waals surface area contributed by atoms with Gasteiger partial charge in [-0.05, 0) is 31.0 Å². The number of rotatable bonds is 5. The molecule has 8 heteroatoms. The van der Waals surface area contributed by atoms with Gasteiger partial charge in [0, 0.05) is 19.7 Å². The zero-order valence-electron chi connectivity index (χ0n) is 13.3. The van der Waals surface area contributed by atoms with E-state index < -0.39 is 4.92 Å². The van der Waals surface area contributed by atoms with Crippen molar-refractivity contribution in [2.24, 2.45) is 0 Å². The highest BCUT2D eigenvalue weighted by Crippen LogP contribution is 2.28. The predicted molar refractivity (Wildman–Crippen MR) is 89.0 cm³/mol. The molecule has 0 aliphatic carbocycles. The number of nitrogens with zero attached hydrogens (tertiary/aromatic N) is 2. The van der Waals surface area contributed by atoms with Crippen molar-refractivity contribution < 1.29 is 14.5 Å². The molecular formula is C15H22ClN3O4. The van der Waals surface area contributed by atoms with Crippen LogP contribution in [0.4, 0.5) is 5.69 Å². The van der Waals surface area contributed by atoms with Gasteiger partial charge in [-0.1, -0.05) is 12.5 Å². The molecule has 1 aliphatic rings. The molecule has 1 aliphatic heterocycles. The fraction of sp³-hybridized carbons (Fsp3) is 0.533. The number of halogens is 1. The van der Waals surface area contributed by atoms with Gasteiger partial charge < -0.3 is 15.0 Å². The molecule has 0 bridgehead atoms. The van der Waals surface area contributed by atoms with E-state index in [4.69, 9.17) is 4.74 Å². The van der Waals surface area contributed by atoms with E-state index in [9.17, 15) is 14.9 Å². The Morgan fingerprint density at radius 2 is 2.22 bits per heavy atom. The maximum Gasteiger partial charge on any atom is 0.311 e. The van der Waals surface area contributed by atoms with Gasteiger partial charge in [0.2, 0.25) is 5.91 Å². The third kappa shape index (κ3) is 4.80. The Morgan fingerprint density at radius 3 is 2.78 bits per heavy atom. The van der Waals surface area contributed by atoms with Crippen molar-refractivity contribution in [3.63, 3.8) is 0 Å². The Kier molecular flexibility index (Phi) is 7.25. The number of nitro groups is 1. The Hall–Kier alpha value is -1.86. The molecule has 128 valence electrons. The number of ether oxygens (including phenoxy) is 1. The smallest absolute Gasteiger partial charge is 0.311 e. The van der Waals surface area contributed by atoms with Crippen LogP contribution in [0.3, 0.4) is 0 Å². The minimum Gasteiger partial charge on any atom is -0.490 e. The number of hydrogen-bond acceptors (Lipinski definition) is 5. The SMILES string of the molecule is COc1ccc(CN(C)C(=O)[C@@H]2CCCCN2)cc1[N+](=O)[O-].Cl. The van der Waals surface area contributed by atoms with E-state index in [1.54, 1.807) is 24.1 Å². The van der Waals surface area contributed by atoms with Crippen molar-refractivity contribution in [1.82, 2.24) is 10.2 Å². The number of hydrogen-bond donors (Lipinski definition) is 1. The molecule has 0 aromatic heterocycles. The third-order valence-electron chi connectivity index (χ3n) is 3.84. The van der Waals surface area contributed by atoms with Gasteiger partial charge in [-0.25, -0.2) is 0 Å². The largest absolute Gasteiger partial charge is 0.490 e. The lowest BCUT2D eigenvalue weighted by molar-refractivity contribution is -0.385. The van der Waals surface area contributed by atoms with Gasteiger partial charge >= 0.3 is 5.69 Å². The van der Waals surface area contributed by atoms with Crippen molar-refractivity contribution >= 4 is 24.0 Å². The predicted octanol–water partition coefficient (Wildman–Crippen LogP) is 2.13. The summed E-state index contributed by atoms with van der Waals surface area (Å²) in [6, 6.07) is 4.61. The molecule has 1 heterocycles. The van der Waals surface area contributed by atoms with Crippen molar-refractivity contribution in [2.45, 2.75) is 31.8 Å². The fourth-order valence-electron chi connectivity index (χ4n) is 2.66. The second-order valence-corrected chi connectivity index (χ2v) is 5.46. The number of benzene rings is 1. The fourth-order valence-corrected chi connectivity index (χ4v) is 2.66. The highest BCUT2D eigenvalue weighted by Gasteiger charge is 2.24. The van der Waals surface area contributed by atoms with Crippen molar-refractivity contribution in [3.05, 3.63) is 33.9 Å². The monoisotopic (exact) mass is 343 g/mol. The van der Waals surface area contributed by atoms with Gasteiger partial charge in [-0.2, -0.15) is 0 Å². The summed E-state index contributed by atoms with van der Waals surface area (Å²) < 4.78 is 4.98. The van der Waals surface area contributed by atoms with Crippen molar-refractivity contribution in [1.29, 1.82) is 0 Å². The number of methoxy groups -OCH3 is 1. The second-order valence-electron chi connectivity index (χ2n) is 5.46. The van der Waals surface area contributed by atoms with Crippen LogP contribution in [-0.2, 0) is 11.3 Å². The van der Waals surface area contributed by atoms with Crippen LogP contribution in [0.1, 0.15) is 24.8 Å². The highest BCUT2D eigenvalue weighted by molar-refractivity contribution is 5.85. The third-order valence-corrected chi connectivity index (χ3v) is 3.84. The van der Waals surface area contributed by atoms with E-state index in [-0.39, 0.29) is 35.8 Å². The first-order chi connectivity index (χ1) is 10.5. The maximum absolute atomic E-state index is 12.3. The minimum atomic E-state index is -0.479. The normalized spacial score (nSPS) is 17.0. The Bertz CT molecular complexity index is 562. The number of carbonyl (C=O) groups excluding carboxylic acids is 1. The number of likely N-dealkylation sites (N-methyl/N-ethyl adjacent to an activating group) is 1. The summed E-state index contributed by atoms with van der Waals surface area (Å²) in [5.41, 5.74) is 0.621. The molecule has 1 amide bonds. The van der Waals surface area contributed by atoms with Gasteiger partial charge in [-0.3, -0.25) is 14.9 Å². The molecule has 1 N–H and O–H groups in total. The van der Waals surface area contributed by atoms with E-state index in [0.29, 0.717) is 12.1 Å². The lowest BCUT2D eigenvalue weighted by atomic mass is 10.0. The van der Waals surface area contributed by atoms with Crippen LogP contribution in [0, 0.1) is 10.1 Å². The Labute approximate surface area is 141 Å². The topological polar surface area (TPSA) is 84.7 Å². The van der Waals surface area contributed by atoms with Crippen LogP contribution in [0.15, 0.2) is 18.2 Å². The van der Waals surface area contributed by atoms with Crippen LogP contribution in [0.5, 0.6) is 5.75 Å². The quantitative estimate of drug-likeness (QED) is 0.654. The average molecular weight is 344 g/mol. The molecule has 1 aromatic rings. The molecular weight excluding hydrogens is 322 g/mol. The van der Waals surface area contributed by atoms with Crippen LogP contribution >= 0.6 is 12.4 Å². The van der Waals surface area contributed by atoms with E-state index in [0.717, 1.165) is 25.8 Å². The lowest BCUT2D eigenvalue weighted by Gasteiger charge is -2.27. The Balaban J connectivity index is 0.00000264.